The van der Waals surface area contributed by atoms with Gasteiger partial charge in [0.15, 0.2) is 0 Å². The van der Waals surface area contributed by atoms with Gasteiger partial charge in [0.05, 0.1) is 5.56 Å². The minimum absolute atomic E-state index is 0.126. The van der Waals surface area contributed by atoms with E-state index in [1.54, 1.807) is 6.20 Å². The number of aromatic nitrogens is 1. The average molecular weight is 331 g/mol. The highest BCUT2D eigenvalue weighted by Gasteiger charge is 2.11. The van der Waals surface area contributed by atoms with Crippen molar-refractivity contribution in [1.82, 2.24) is 4.98 Å². The van der Waals surface area contributed by atoms with E-state index in [1.807, 2.05) is 66.9 Å². The highest BCUT2D eigenvalue weighted by atomic mass is 16.1. The monoisotopic (exact) mass is 331 g/mol. The predicted octanol–water partition coefficient (Wildman–Crippen LogP) is 4.51. The van der Waals surface area contributed by atoms with Gasteiger partial charge in [0.25, 0.3) is 5.91 Å². The first-order chi connectivity index (χ1) is 12.3. The van der Waals surface area contributed by atoms with Gasteiger partial charge in [0.1, 0.15) is 0 Å². The summed E-state index contributed by atoms with van der Waals surface area (Å²) in [7, 11) is 0. The second-order valence-corrected chi connectivity index (χ2v) is 5.77. The van der Waals surface area contributed by atoms with Crippen LogP contribution in [0.3, 0.4) is 0 Å². The number of para-hydroxylation sites is 1. The lowest BCUT2D eigenvalue weighted by Gasteiger charge is -2.12. The Balaban J connectivity index is 1.71. The summed E-state index contributed by atoms with van der Waals surface area (Å²) >= 11 is 0. The zero-order valence-electron chi connectivity index (χ0n) is 14.2. The Morgan fingerprint density at radius 3 is 2.48 bits per heavy atom. The number of rotatable bonds is 6. The Morgan fingerprint density at radius 1 is 0.960 bits per heavy atom. The molecule has 0 aliphatic carbocycles. The smallest absolute Gasteiger partial charge is 0.257 e. The number of amides is 1. The first kappa shape index (κ1) is 16.7. The van der Waals surface area contributed by atoms with Crippen molar-refractivity contribution >= 4 is 17.3 Å². The molecule has 0 saturated heterocycles. The van der Waals surface area contributed by atoms with E-state index in [4.69, 9.17) is 0 Å². The summed E-state index contributed by atoms with van der Waals surface area (Å²) in [4.78, 5) is 16.7. The quantitative estimate of drug-likeness (QED) is 0.699. The molecule has 0 spiro atoms. The van der Waals surface area contributed by atoms with Gasteiger partial charge in [-0.2, -0.15) is 0 Å². The third kappa shape index (κ3) is 4.44. The maximum absolute atomic E-state index is 12.6. The van der Waals surface area contributed by atoms with Crippen LogP contribution in [0.5, 0.6) is 0 Å². The van der Waals surface area contributed by atoms with Crippen molar-refractivity contribution in [3.05, 3.63) is 89.7 Å². The molecule has 0 aliphatic heterocycles. The maximum atomic E-state index is 12.6. The van der Waals surface area contributed by atoms with E-state index in [2.05, 4.69) is 22.5 Å². The van der Waals surface area contributed by atoms with Gasteiger partial charge in [0, 0.05) is 30.3 Å². The molecule has 1 amide bonds. The number of hydrogen-bond acceptors (Lipinski definition) is 3. The zero-order valence-corrected chi connectivity index (χ0v) is 14.2. The Hall–Kier alpha value is -3.14. The molecule has 3 rings (SSSR count). The van der Waals surface area contributed by atoms with Gasteiger partial charge in [-0.3, -0.25) is 9.78 Å². The summed E-state index contributed by atoms with van der Waals surface area (Å²) in [5.41, 5.74) is 4.52. The highest BCUT2D eigenvalue weighted by molar-refractivity contribution is 6.08. The molecular weight excluding hydrogens is 310 g/mol. The average Bonchev–Trinajstić information content (AvgIpc) is 2.68. The van der Waals surface area contributed by atoms with Crippen LogP contribution in [-0.2, 0) is 13.0 Å². The summed E-state index contributed by atoms with van der Waals surface area (Å²) in [5, 5.41) is 6.27. The molecule has 0 bridgehead atoms. The zero-order chi connectivity index (χ0) is 17.5. The topological polar surface area (TPSA) is 54.0 Å². The molecule has 2 aromatic carbocycles. The molecule has 0 aliphatic rings. The molecule has 25 heavy (non-hydrogen) atoms. The molecule has 0 fully saturated rings. The third-order valence-electron chi connectivity index (χ3n) is 4.00. The fraction of sp³-hybridized carbons (Fsp3) is 0.143. The van der Waals surface area contributed by atoms with Crippen molar-refractivity contribution in [2.75, 3.05) is 10.6 Å². The van der Waals surface area contributed by atoms with Crippen molar-refractivity contribution in [3.8, 4) is 0 Å². The fourth-order valence-corrected chi connectivity index (χ4v) is 2.56. The molecule has 3 aromatic rings. The number of carbonyl (C=O) groups is 1. The number of nitrogens with zero attached hydrogens (tertiary/aromatic N) is 1. The number of aryl methyl sites for hydroxylation is 1. The molecule has 126 valence electrons. The van der Waals surface area contributed by atoms with Crippen LogP contribution in [0.15, 0.2) is 73.1 Å². The molecule has 0 unspecified atom stereocenters. The van der Waals surface area contributed by atoms with Crippen LogP contribution in [0, 0.1) is 0 Å². The van der Waals surface area contributed by atoms with Crippen LogP contribution < -0.4 is 10.6 Å². The van der Waals surface area contributed by atoms with Gasteiger partial charge in [0.2, 0.25) is 0 Å². The molecule has 0 atom stereocenters. The molecule has 1 aromatic heterocycles. The number of anilines is 2. The van der Waals surface area contributed by atoms with E-state index >= 15 is 0 Å². The Bertz CT molecular complexity index is 829. The van der Waals surface area contributed by atoms with E-state index in [1.165, 1.54) is 5.56 Å². The van der Waals surface area contributed by atoms with E-state index in [0.717, 1.165) is 23.4 Å². The summed E-state index contributed by atoms with van der Waals surface area (Å²) in [6.07, 6.45) is 4.54. The van der Waals surface area contributed by atoms with E-state index in [0.29, 0.717) is 12.1 Å². The van der Waals surface area contributed by atoms with Crippen LogP contribution in [0.25, 0.3) is 0 Å². The number of benzene rings is 2. The van der Waals surface area contributed by atoms with Crippen LogP contribution >= 0.6 is 0 Å². The first-order valence-electron chi connectivity index (χ1n) is 8.38. The van der Waals surface area contributed by atoms with Crippen molar-refractivity contribution in [3.63, 3.8) is 0 Å². The van der Waals surface area contributed by atoms with Gasteiger partial charge in [-0.15, -0.1) is 0 Å². The van der Waals surface area contributed by atoms with Gasteiger partial charge in [-0.25, -0.2) is 0 Å². The summed E-state index contributed by atoms with van der Waals surface area (Å²) in [5.74, 6) is -0.126. The standard InChI is InChI=1S/C21H21N3O/c1-2-16-9-11-18(12-10-16)24-21(25)19-7-3-4-8-20(19)23-15-17-6-5-13-22-14-17/h3-14,23H,2,15H2,1H3,(H,24,25). The molecular formula is C21H21N3O. The number of carbonyl (C=O) groups excluding carboxylic acids is 1. The molecule has 2 N–H and O–H groups in total. The van der Waals surface area contributed by atoms with E-state index in [-0.39, 0.29) is 5.91 Å². The SMILES string of the molecule is CCc1ccc(NC(=O)c2ccccc2NCc2cccnc2)cc1. The largest absolute Gasteiger partial charge is 0.380 e. The van der Waals surface area contributed by atoms with Crippen molar-refractivity contribution < 1.29 is 4.79 Å². The summed E-state index contributed by atoms with van der Waals surface area (Å²) < 4.78 is 0. The van der Waals surface area contributed by atoms with Crippen LogP contribution in [0.1, 0.15) is 28.4 Å². The van der Waals surface area contributed by atoms with Crippen molar-refractivity contribution in [1.29, 1.82) is 0 Å². The first-order valence-corrected chi connectivity index (χ1v) is 8.38. The molecule has 4 heteroatoms. The van der Waals surface area contributed by atoms with Gasteiger partial charge in [-0.05, 0) is 47.9 Å². The van der Waals surface area contributed by atoms with Gasteiger partial charge in [-0.1, -0.05) is 37.3 Å². The Morgan fingerprint density at radius 2 is 1.76 bits per heavy atom. The fourth-order valence-electron chi connectivity index (χ4n) is 2.56. The lowest BCUT2D eigenvalue weighted by atomic mass is 10.1. The molecule has 0 radical (unpaired) electrons. The lowest BCUT2D eigenvalue weighted by molar-refractivity contribution is 0.102. The minimum atomic E-state index is -0.126. The lowest BCUT2D eigenvalue weighted by Crippen LogP contribution is -2.14. The minimum Gasteiger partial charge on any atom is -0.380 e. The van der Waals surface area contributed by atoms with Crippen LogP contribution in [-0.4, -0.2) is 10.9 Å². The highest BCUT2D eigenvalue weighted by Crippen LogP contribution is 2.18. The second kappa shape index (κ2) is 8.11. The van der Waals surface area contributed by atoms with Crippen LogP contribution in [0.2, 0.25) is 0 Å². The number of nitrogens with one attached hydrogen (secondary N) is 2. The summed E-state index contributed by atoms with van der Waals surface area (Å²) in [6, 6.07) is 19.3. The Labute approximate surface area is 147 Å². The third-order valence-corrected chi connectivity index (χ3v) is 4.00. The normalized spacial score (nSPS) is 10.3. The van der Waals surface area contributed by atoms with Crippen molar-refractivity contribution in [2.24, 2.45) is 0 Å². The van der Waals surface area contributed by atoms with Crippen LogP contribution in [0.4, 0.5) is 11.4 Å². The van der Waals surface area contributed by atoms with Gasteiger partial charge < -0.3 is 10.6 Å². The van der Waals surface area contributed by atoms with Crippen molar-refractivity contribution in [2.45, 2.75) is 19.9 Å². The number of pyridine rings is 1. The Kier molecular flexibility index (Phi) is 5.42. The maximum Gasteiger partial charge on any atom is 0.257 e. The summed E-state index contributed by atoms with van der Waals surface area (Å²) in [6.45, 7) is 2.72. The van der Waals surface area contributed by atoms with E-state index in [9.17, 15) is 4.79 Å². The molecule has 0 saturated carbocycles. The van der Waals surface area contributed by atoms with E-state index < -0.39 is 0 Å². The van der Waals surface area contributed by atoms with Gasteiger partial charge >= 0.3 is 0 Å². The molecule has 4 nitrogen and oxygen atoms in total. The second-order valence-electron chi connectivity index (χ2n) is 5.77. The molecule has 1 heterocycles. The predicted molar refractivity (Wildman–Crippen MR) is 102 cm³/mol. The number of hydrogen-bond donors (Lipinski definition) is 2.